The van der Waals surface area contributed by atoms with E-state index in [0.29, 0.717) is 5.82 Å². The van der Waals surface area contributed by atoms with Crippen LogP contribution in [0.25, 0.3) is 5.65 Å². The summed E-state index contributed by atoms with van der Waals surface area (Å²) >= 11 is 0. The lowest BCUT2D eigenvalue weighted by Crippen LogP contribution is -2.36. The average Bonchev–Trinajstić information content (AvgIpc) is 3.62. The van der Waals surface area contributed by atoms with Gasteiger partial charge >= 0.3 is 0 Å². The number of benzene rings is 2. The maximum Gasteiger partial charge on any atom is 0.180 e. The van der Waals surface area contributed by atoms with E-state index in [1.807, 2.05) is 16.7 Å². The summed E-state index contributed by atoms with van der Waals surface area (Å²) in [6.07, 6.45) is 14.0. The molecule has 2 aromatic heterocycles. The first-order chi connectivity index (χ1) is 18.3. The number of morpholine rings is 1. The van der Waals surface area contributed by atoms with Gasteiger partial charge in [0.15, 0.2) is 11.5 Å². The summed E-state index contributed by atoms with van der Waals surface area (Å²) in [7, 11) is 0. The first-order valence-corrected chi connectivity index (χ1v) is 12.4. The van der Waals surface area contributed by atoms with Gasteiger partial charge in [0.25, 0.3) is 0 Å². The number of nitrogens with one attached hydrogen (secondary N) is 1. The molecule has 8 heteroatoms. The molecule has 0 saturated carbocycles. The quantitative estimate of drug-likeness (QED) is 0.408. The summed E-state index contributed by atoms with van der Waals surface area (Å²) < 4.78 is 7.49. The average molecular weight is 488 g/mol. The van der Waals surface area contributed by atoms with E-state index in [1.165, 1.54) is 5.69 Å². The predicted octanol–water partition coefficient (Wildman–Crippen LogP) is 5.40. The lowest BCUT2D eigenvalue weighted by Gasteiger charge is -2.29. The summed E-state index contributed by atoms with van der Waals surface area (Å²) in [5.41, 5.74) is 6.22. The molecule has 2 aromatic carbocycles. The number of allylic oxidation sites excluding steroid dienone is 3. The highest BCUT2D eigenvalue weighted by Gasteiger charge is 2.36. The van der Waals surface area contributed by atoms with E-state index in [2.05, 4.69) is 98.4 Å². The molecule has 0 amide bonds. The summed E-state index contributed by atoms with van der Waals surface area (Å²) in [4.78, 5) is 12.1. The normalized spacial score (nSPS) is 20.6. The SMILES string of the molecule is C1=CC(c2ccccc2)(c2cn3ccnc(Nc4ccc(N5CCOCC5)cc4)c3n2)C=C2N=NC=C12. The fourth-order valence-electron chi connectivity index (χ4n) is 5.12. The van der Waals surface area contributed by atoms with E-state index in [9.17, 15) is 0 Å². The van der Waals surface area contributed by atoms with Crippen molar-refractivity contribution >= 4 is 22.8 Å². The molecule has 1 atom stereocenters. The molecule has 4 aromatic rings. The lowest BCUT2D eigenvalue weighted by molar-refractivity contribution is 0.122. The second kappa shape index (κ2) is 8.83. The van der Waals surface area contributed by atoms with E-state index in [-0.39, 0.29) is 0 Å². The van der Waals surface area contributed by atoms with Gasteiger partial charge in [-0.25, -0.2) is 9.97 Å². The molecule has 8 nitrogen and oxygen atoms in total. The molecule has 1 fully saturated rings. The van der Waals surface area contributed by atoms with Gasteiger partial charge in [-0.2, -0.15) is 10.2 Å². The monoisotopic (exact) mass is 487 g/mol. The van der Waals surface area contributed by atoms with Crippen molar-refractivity contribution in [2.24, 2.45) is 10.2 Å². The Bertz CT molecular complexity index is 1580. The summed E-state index contributed by atoms with van der Waals surface area (Å²) in [6.45, 7) is 3.36. The highest BCUT2D eigenvalue weighted by Crippen LogP contribution is 2.42. The Hall–Kier alpha value is -4.56. The van der Waals surface area contributed by atoms with Crippen molar-refractivity contribution in [3.8, 4) is 0 Å². The van der Waals surface area contributed by atoms with Gasteiger partial charge in [-0.05, 0) is 35.9 Å². The highest BCUT2D eigenvalue weighted by atomic mass is 16.5. The maximum absolute atomic E-state index is 5.47. The molecule has 1 saturated heterocycles. The number of fused-ring (bicyclic) bond motifs is 2. The fourth-order valence-corrected chi connectivity index (χ4v) is 5.12. The third-order valence-corrected chi connectivity index (χ3v) is 7.10. The minimum atomic E-state index is -0.569. The minimum Gasteiger partial charge on any atom is -0.378 e. The van der Waals surface area contributed by atoms with Crippen LogP contribution < -0.4 is 10.2 Å². The first kappa shape index (κ1) is 21.7. The molecule has 1 aliphatic carbocycles. The molecule has 0 spiro atoms. The molecule has 0 bridgehead atoms. The first-order valence-electron chi connectivity index (χ1n) is 12.4. The van der Waals surface area contributed by atoms with Crippen LogP contribution in [0.2, 0.25) is 0 Å². The Kier molecular flexibility index (Phi) is 5.18. The zero-order valence-corrected chi connectivity index (χ0v) is 20.2. The molecule has 182 valence electrons. The van der Waals surface area contributed by atoms with Crippen LogP contribution in [0.3, 0.4) is 0 Å². The summed E-state index contributed by atoms with van der Waals surface area (Å²) in [5, 5.41) is 11.9. The summed E-state index contributed by atoms with van der Waals surface area (Å²) in [5.74, 6) is 0.699. The van der Waals surface area contributed by atoms with E-state index >= 15 is 0 Å². The van der Waals surface area contributed by atoms with Crippen LogP contribution >= 0.6 is 0 Å². The molecule has 2 aliphatic heterocycles. The lowest BCUT2D eigenvalue weighted by atomic mass is 9.74. The number of rotatable bonds is 5. The summed E-state index contributed by atoms with van der Waals surface area (Å²) in [6, 6.07) is 18.8. The third-order valence-electron chi connectivity index (χ3n) is 7.10. The van der Waals surface area contributed by atoms with Crippen LogP contribution in [0, 0.1) is 0 Å². The van der Waals surface area contributed by atoms with Gasteiger partial charge in [0, 0.05) is 48.6 Å². The van der Waals surface area contributed by atoms with E-state index < -0.39 is 5.41 Å². The Morgan fingerprint density at radius 1 is 0.973 bits per heavy atom. The number of ether oxygens (including phenoxy) is 1. The molecule has 37 heavy (non-hydrogen) atoms. The van der Waals surface area contributed by atoms with E-state index in [0.717, 1.165) is 60.2 Å². The van der Waals surface area contributed by atoms with Gasteiger partial charge in [0.05, 0.1) is 36.2 Å². The molecule has 1 N–H and O–H groups in total. The van der Waals surface area contributed by atoms with Crippen molar-refractivity contribution < 1.29 is 4.74 Å². The molecule has 3 aliphatic rings. The molecular formula is C29H25N7O. The number of hydrogen-bond donors (Lipinski definition) is 1. The Balaban J connectivity index is 1.26. The third kappa shape index (κ3) is 3.82. The molecule has 1 unspecified atom stereocenters. The molecule has 4 heterocycles. The second-order valence-corrected chi connectivity index (χ2v) is 9.30. The fraction of sp³-hybridized carbons (Fsp3) is 0.172. The van der Waals surface area contributed by atoms with Crippen LogP contribution in [0.1, 0.15) is 11.3 Å². The Morgan fingerprint density at radius 3 is 2.65 bits per heavy atom. The number of hydrogen-bond acceptors (Lipinski definition) is 7. The molecule has 0 radical (unpaired) electrons. The van der Waals surface area contributed by atoms with Crippen molar-refractivity contribution in [1.82, 2.24) is 14.4 Å². The van der Waals surface area contributed by atoms with E-state index in [4.69, 9.17) is 9.72 Å². The zero-order chi connectivity index (χ0) is 24.7. The largest absolute Gasteiger partial charge is 0.378 e. The van der Waals surface area contributed by atoms with E-state index in [1.54, 1.807) is 12.4 Å². The number of imidazole rings is 1. The smallest absolute Gasteiger partial charge is 0.180 e. The van der Waals surface area contributed by atoms with Crippen molar-refractivity contribution in [2.45, 2.75) is 5.41 Å². The molecule has 7 rings (SSSR count). The minimum absolute atomic E-state index is 0.569. The van der Waals surface area contributed by atoms with Gasteiger partial charge < -0.3 is 19.4 Å². The number of anilines is 3. The zero-order valence-electron chi connectivity index (χ0n) is 20.2. The number of aromatic nitrogens is 3. The topological polar surface area (TPSA) is 79.4 Å². The highest BCUT2D eigenvalue weighted by molar-refractivity contribution is 5.72. The maximum atomic E-state index is 5.47. The van der Waals surface area contributed by atoms with Gasteiger partial charge in [-0.15, -0.1) is 0 Å². The van der Waals surface area contributed by atoms with Crippen molar-refractivity contribution in [3.63, 3.8) is 0 Å². The van der Waals surface area contributed by atoms with Crippen LogP contribution in [0.5, 0.6) is 0 Å². The van der Waals surface area contributed by atoms with Crippen LogP contribution in [-0.4, -0.2) is 40.7 Å². The molecular weight excluding hydrogens is 462 g/mol. The number of azo groups is 1. The van der Waals surface area contributed by atoms with Gasteiger partial charge in [0.2, 0.25) is 0 Å². The van der Waals surface area contributed by atoms with Crippen LogP contribution in [0.15, 0.2) is 119 Å². The Labute approximate surface area is 214 Å². The van der Waals surface area contributed by atoms with Gasteiger partial charge in [-0.1, -0.05) is 42.5 Å². The van der Waals surface area contributed by atoms with Crippen LogP contribution in [-0.2, 0) is 10.2 Å². The standard InChI is InChI=1S/C29H25N7O/c1-2-4-22(5-3-1)29(11-10-21-19-31-34-25(21)18-29)26-20-36-13-12-30-27(28(36)33-26)32-23-6-8-24(9-7-23)35-14-16-37-17-15-35/h1-13,18-20H,14-17H2,(H,30,32). The predicted molar refractivity (Wildman–Crippen MR) is 143 cm³/mol. The van der Waals surface area contributed by atoms with Gasteiger partial charge in [0.1, 0.15) is 0 Å². The second-order valence-electron chi connectivity index (χ2n) is 9.30. The van der Waals surface area contributed by atoms with Crippen molar-refractivity contribution in [3.05, 3.63) is 120 Å². The van der Waals surface area contributed by atoms with Crippen LogP contribution in [0.4, 0.5) is 17.2 Å². The Morgan fingerprint density at radius 2 is 1.81 bits per heavy atom. The number of nitrogens with zero attached hydrogens (tertiary/aromatic N) is 6. The van der Waals surface area contributed by atoms with Crippen molar-refractivity contribution in [2.75, 3.05) is 36.5 Å². The van der Waals surface area contributed by atoms with Crippen molar-refractivity contribution in [1.29, 1.82) is 0 Å². The van der Waals surface area contributed by atoms with Gasteiger partial charge in [-0.3, -0.25) is 0 Å².